The fourth-order valence-corrected chi connectivity index (χ4v) is 2.10. The average molecular weight is 246 g/mol. The van der Waals surface area contributed by atoms with Gasteiger partial charge in [-0.15, -0.1) is 0 Å². The zero-order valence-electron chi connectivity index (χ0n) is 10.3. The fourth-order valence-electron chi connectivity index (χ4n) is 2.10. The number of amides is 1. The predicted molar refractivity (Wildman–Crippen MR) is 69.8 cm³/mol. The summed E-state index contributed by atoms with van der Waals surface area (Å²) in [7, 11) is 0. The third-order valence-corrected chi connectivity index (χ3v) is 3.36. The number of rotatable bonds is 4. The third kappa shape index (κ3) is 2.82. The van der Waals surface area contributed by atoms with Gasteiger partial charge in [0.15, 0.2) is 0 Å². The zero-order chi connectivity index (χ0) is 12.4. The van der Waals surface area contributed by atoms with Crippen LogP contribution in [0.4, 0.5) is 5.69 Å². The fraction of sp³-hybridized carbons (Fsp3) is 0.500. The van der Waals surface area contributed by atoms with Gasteiger partial charge in [0, 0.05) is 23.9 Å². The quantitative estimate of drug-likeness (QED) is 0.851. The maximum absolute atomic E-state index is 11.8. The van der Waals surface area contributed by atoms with Gasteiger partial charge in [-0.05, 0) is 43.5 Å². The van der Waals surface area contributed by atoms with E-state index in [1.807, 2.05) is 24.3 Å². The van der Waals surface area contributed by atoms with Crippen LogP contribution in [0.5, 0.6) is 0 Å². The van der Waals surface area contributed by atoms with Crippen LogP contribution in [0.2, 0.25) is 0 Å². The summed E-state index contributed by atoms with van der Waals surface area (Å²) >= 11 is 0. The number of anilines is 1. The molecule has 1 aromatic rings. The molecule has 4 nitrogen and oxygen atoms in total. The highest BCUT2D eigenvalue weighted by atomic mass is 16.5. The molecule has 2 aliphatic rings. The Labute approximate surface area is 107 Å². The van der Waals surface area contributed by atoms with Crippen molar-refractivity contribution >= 4 is 11.6 Å². The van der Waals surface area contributed by atoms with E-state index in [1.165, 1.54) is 0 Å². The Balaban J connectivity index is 1.58. The van der Waals surface area contributed by atoms with Gasteiger partial charge < -0.3 is 15.4 Å². The molecule has 1 saturated carbocycles. The molecule has 1 heterocycles. The molecule has 0 spiro atoms. The average Bonchev–Trinajstić information content (AvgIpc) is 3.04. The summed E-state index contributed by atoms with van der Waals surface area (Å²) in [5, 5.41) is 6.39. The highest BCUT2D eigenvalue weighted by Gasteiger charge is 2.23. The first-order valence-electron chi connectivity index (χ1n) is 6.56. The molecule has 1 saturated heterocycles. The van der Waals surface area contributed by atoms with Crippen molar-refractivity contribution in [3.8, 4) is 0 Å². The summed E-state index contributed by atoms with van der Waals surface area (Å²) in [4.78, 5) is 11.8. The smallest absolute Gasteiger partial charge is 0.251 e. The van der Waals surface area contributed by atoms with Gasteiger partial charge in [0.2, 0.25) is 0 Å². The van der Waals surface area contributed by atoms with Gasteiger partial charge in [-0.2, -0.15) is 0 Å². The predicted octanol–water partition coefficient (Wildman–Crippen LogP) is 1.78. The lowest BCUT2D eigenvalue weighted by molar-refractivity contribution is 0.0951. The van der Waals surface area contributed by atoms with Crippen LogP contribution in [0.1, 0.15) is 29.6 Å². The third-order valence-electron chi connectivity index (χ3n) is 3.36. The number of ether oxygens (including phenoxy) is 1. The molecule has 0 aromatic heterocycles. The maximum Gasteiger partial charge on any atom is 0.251 e. The molecule has 1 aliphatic carbocycles. The van der Waals surface area contributed by atoms with E-state index in [9.17, 15) is 4.79 Å². The molecule has 4 heteroatoms. The summed E-state index contributed by atoms with van der Waals surface area (Å²) in [6, 6.07) is 8.47. The summed E-state index contributed by atoms with van der Waals surface area (Å²) in [6.45, 7) is 1.60. The topological polar surface area (TPSA) is 50.4 Å². The van der Waals surface area contributed by atoms with Crippen molar-refractivity contribution < 1.29 is 9.53 Å². The minimum atomic E-state index is 0.0354. The number of hydrogen-bond acceptors (Lipinski definition) is 3. The maximum atomic E-state index is 11.8. The SMILES string of the molecule is O=C(NC1CC1)c1ccc(NC2CCOC2)cc1. The lowest BCUT2D eigenvalue weighted by atomic mass is 10.1. The van der Waals surface area contributed by atoms with Crippen molar-refractivity contribution in [1.29, 1.82) is 0 Å². The van der Waals surface area contributed by atoms with Crippen LogP contribution in [-0.4, -0.2) is 31.2 Å². The number of carbonyl (C=O) groups is 1. The minimum Gasteiger partial charge on any atom is -0.380 e. The normalized spacial score (nSPS) is 22.8. The minimum absolute atomic E-state index is 0.0354. The van der Waals surface area contributed by atoms with E-state index in [0.717, 1.165) is 43.7 Å². The van der Waals surface area contributed by atoms with E-state index < -0.39 is 0 Å². The molecule has 0 radical (unpaired) electrons. The van der Waals surface area contributed by atoms with Crippen LogP contribution in [0.3, 0.4) is 0 Å². The van der Waals surface area contributed by atoms with E-state index in [1.54, 1.807) is 0 Å². The molecular formula is C14H18N2O2. The van der Waals surface area contributed by atoms with Crippen LogP contribution in [0, 0.1) is 0 Å². The Hall–Kier alpha value is -1.55. The molecule has 96 valence electrons. The van der Waals surface area contributed by atoms with Crippen LogP contribution in [0.25, 0.3) is 0 Å². The van der Waals surface area contributed by atoms with E-state index >= 15 is 0 Å². The van der Waals surface area contributed by atoms with E-state index in [4.69, 9.17) is 4.74 Å². The molecule has 1 aromatic carbocycles. The molecule has 2 fully saturated rings. The molecule has 0 bridgehead atoms. The monoisotopic (exact) mass is 246 g/mol. The lowest BCUT2D eigenvalue weighted by Gasteiger charge is -2.12. The van der Waals surface area contributed by atoms with E-state index in [0.29, 0.717) is 12.1 Å². The van der Waals surface area contributed by atoms with Crippen molar-refractivity contribution in [2.75, 3.05) is 18.5 Å². The Morgan fingerprint density at radius 2 is 1.89 bits per heavy atom. The summed E-state index contributed by atoms with van der Waals surface area (Å²) < 4.78 is 5.32. The van der Waals surface area contributed by atoms with Crippen LogP contribution in [0.15, 0.2) is 24.3 Å². The Kier molecular flexibility index (Phi) is 3.19. The van der Waals surface area contributed by atoms with Gasteiger partial charge in [0.05, 0.1) is 12.6 Å². The van der Waals surface area contributed by atoms with Gasteiger partial charge in [-0.1, -0.05) is 0 Å². The zero-order valence-corrected chi connectivity index (χ0v) is 10.3. The summed E-state index contributed by atoms with van der Waals surface area (Å²) in [5.41, 5.74) is 1.78. The van der Waals surface area contributed by atoms with Crippen molar-refractivity contribution in [1.82, 2.24) is 5.32 Å². The van der Waals surface area contributed by atoms with Crippen molar-refractivity contribution in [2.24, 2.45) is 0 Å². The lowest BCUT2D eigenvalue weighted by Crippen LogP contribution is -2.25. The molecule has 1 unspecified atom stereocenters. The Bertz CT molecular complexity index is 420. The second-order valence-corrected chi connectivity index (χ2v) is 5.03. The van der Waals surface area contributed by atoms with Crippen molar-refractivity contribution in [2.45, 2.75) is 31.3 Å². The van der Waals surface area contributed by atoms with Gasteiger partial charge in [-0.25, -0.2) is 0 Å². The largest absolute Gasteiger partial charge is 0.380 e. The molecular weight excluding hydrogens is 228 g/mol. The number of benzene rings is 1. The highest BCUT2D eigenvalue weighted by Crippen LogP contribution is 2.20. The van der Waals surface area contributed by atoms with Gasteiger partial charge in [0.1, 0.15) is 0 Å². The van der Waals surface area contributed by atoms with Gasteiger partial charge in [-0.3, -0.25) is 4.79 Å². The van der Waals surface area contributed by atoms with Crippen molar-refractivity contribution in [3.63, 3.8) is 0 Å². The number of hydrogen-bond donors (Lipinski definition) is 2. The van der Waals surface area contributed by atoms with E-state index in [-0.39, 0.29) is 5.91 Å². The summed E-state index contributed by atoms with van der Waals surface area (Å²) in [5.74, 6) is 0.0354. The Morgan fingerprint density at radius 1 is 1.11 bits per heavy atom. The molecule has 1 atom stereocenters. The second-order valence-electron chi connectivity index (χ2n) is 5.03. The molecule has 18 heavy (non-hydrogen) atoms. The molecule has 3 rings (SSSR count). The van der Waals surface area contributed by atoms with E-state index in [2.05, 4.69) is 10.6 Å². The Morgan fingerprint density at radius 3 is 2.50 bits per heavy atom. The molecule has 1 amide bonds. The van der Waals surface area contributed by atoms with Crippen molar-refractivity contribution in [3.05, 3.63) is 29.8 Å². The first kappa shape index (κ1) is 11.5. The molecule has 2 N–H and O–H groups in total. The number of nitrogens with one attached hydrogen (secondary N) is 2. The first-order chi connectivity index (χ1) is 8.81. The van der Waals surface area contributed by atoms with Crippen LogP contribution in [-0.2, 0) is 4.74 Å². The van der Waals surface area contributed by atoms with Gasteiger partial charge >= 0.3 is 0 Å². The van der Waals surface area contributed by atoms with Gasteiger partial charge in [0.25, 0.3) is 5.91 Å². The first-order valence-corrected chi connectivity index (χ1v) is 6.56. The second kappa shape index (κ2) is 4.98. The highest BCUT2D eigenvalue weighted by molar-refractivity contribution is 5.94. The molecule has 1 aliphatic heterocycles. The standard InChI is InChI=1S/C14H18N2O2/c17-14(16-12-5-6-12)10-1-3-11(4-2-10)15-13-7-8-18-9-13/h1-4,12-13,15H,5-9H2,(H,16,17). The van der Waals surface area contributed by atoms with Crippen LogP contribution >= 0.6 is 0 Å². The summed E-state index contributed by atoms with van der Waals surface area (Å²) in [6.07, 6.45) is 3.28. The number of carbonyl (C=O) groups excluding carboxylic acids is 1. The van der Waals surface area contributed by atoms with Crippen LogP contribution < -0.4 is 10.6 Å².